The summed E-state index contributed by atoms with van der Waals surface area (Å²) in [5.74, 6) is -0.621. The molecule has 0 atom stereocenters. The second-order valence-electron chi connectivity index (χ2n) is 5.28. The quantitative estimate of drug-likeness (QED) is 0.193. The first-order valence-corrected chi connectivity index (χ1v) is 6.97. The van der Waals surface area contributed by atoms with Crippen molar-refractivity contribution < 1.29 is 19.5 Å². The van der Waals surface area contributed by atoms with Crippen LogP contribution in [0.15, 0.2) is 5.16 Å². The molecule has 21 heavy (non-hydrogen) atoms. The van der Waals surface area contributed by atoms with Gasteiger partial charge in [0.15, 0.2) is 5.84 Å². The summed E-state index contributed by atoms with van der Waals surface area (Å²) in [5.41, 5.74) is 4.74. The molecule has 0 saturated heterocycles. The van der Waals surface area contributed by atoms with E-state index >= 15 is 0 Å². The van der Waals surface area contributed by atoms with Crippen LogP contribution in [-0.4, -0.2) is 61.6 Å². The Morgan fingerprint density at radius 1 is 1.43 bits per heavy atom. The Hall–Kier alpha value is -1.83. The van der Waals surface area contributed by atoms with E-state index in [4.69, 9.17) is 15.7 Å². The number of amides is 2. The Kier molecular flexibility index (Phi) is 6.41. The van der Waals surface area contributed by atoms with Crippen LogP contribution in [0.4, 0.5) is 0 Å². The van der Waals surface area contributed by atoms with Crippen LogP contribution >= 0.6 is 0 Å². The molecule has 1 saturated carbocycles. The molecule has 0 radical (unpaired) electrons. The second-order valence-corrected chi connectivity index (χ2v) is 5.28. The molecule has 1 fully saturated rings. The number of hydrogen-bond acceptors (Lipinski definition) is 5. The number of hydrogen-bond donors (Lipinski definition) is 3. The molecule has 8 nitrogen and oxygen atoms in total. The molecule has 0 aromatic rings. The van der Waals surface area contributed by atoms with Crippen LogP contribution in [0.25, 0.3) is 0 Å². The van der Waals surface area contributed by atoms with E-state index in [0.29, 0.717) is 26.0 Å². The number of likely N-dealkylation sites (N-methyl/N-ethyl adjacent to an activating group) is 1. The number of rotatable bonds is 7. The number of nitrogens with one attached hydrogen (secondary N) is 1. The van der Waals surface area contributed by atoms with Crippen molar-refractivity contribution in [3.05, 3.63) is 0 Å². The molecule has 0 bridgehead atoms. The third-order valence-electron chi connectivity index (χ3n) is 3.82. The molecule has 0 aromatic carbocycles. The lowest BCUT2D eigenvalue weighted by atomic mass is 9.83. The number of nitrogens with zero attached hydrogens (tertiary/aromatic N) is 2. The first-order chi connectivity index (χ1) is 9.97. The molecule has 120 valence electrons. The van der Waals surface area contributed by atoms with Crippen LogP contribution in [0.3, 0.4) is 0 Å². The van der Waals surface area contributed by atoms with Crippen LogP contribution in [0.1, 0.15) is 25.7 Å². The minimum absolute atomic E-state index is 0.0665. The molecule has 2 amide bonds. The van der Waals surface area contributed by atoms with Gasteiger partial charge in [0.1, 0.15) is 5.41 Å². The smallest absolute Gasteiger partial charge is 0.239 e. The van der Waals surface area contributed by atoms with Gasteiger partial charge in [-0.1, -0.05) is 18.0 Å². The first kappa shape index (κ1) is 17.2. The lowest BCUT2D eigenvalue weighted by Crippen LogP contribution is -2.51. The number of oxime groups is 1. The Morgan fingerprint density at radius 2 is 2.05 bits per heavy atom. The summed E-state index contributed by atoms with van der Waals surface area (Å²) in [6, 6.07) is 0. The number of nitrogens with two attached hydrogens (primary N) is 1. The van der Waals surface area contributed by atoms with E-state index in [1.165, 1.54) is 4.90 Å². The van der Waals surface area contributed by atoms with Crippen molar-refractivity contribution in [1.82, 2.24) is 10.2 Å². The first-order valence-electron chi connectivity index (χ1n) is 6.97. The van der Waals surface area contributed by atoms with Crippen molar-refractivity contribution in [2.24, 2.45) is 16.3 Å². The van der Waals surface area contributed by atoms with Gasteiger partial charge in [-0.2, -0.15) is 0 Å². The molecule has 0 aliphatic heterocycles. The van der Waals surface area contributed by atoms with Crippen LogP contribution in [0.2, 0.25) is 0 Å². The normalized spacial score (nSPS) is 17.5. The summed E-state index contributed by atoms with van der Waals surface area (Å²) in [7, 11) is 3.09. The van der Waals surface area contributed by atoms with Crippen LogP contribution in [-0.2, 0) is 14.3 Å². The Morgan fingerprint density at radius 3 is 2.57 bits per heavy atom. The monoisotopic (exact) mass is 300 g/mol. The van der Waals surface area contributed by atoms with Gasteiger partial charge in [0, 0.05) is 20.7 Å². The zero-order chi connectivity index (χ0) is 15.9. The van der Waals surface area contributed by atoms with Gasteiger partial charge >= 0.3 is 0 Å². The topological polar surface area (TPSA) is 117 Å². The zero-order valence-electron chi connectivity index (χ0n) is 12.6. The van der Waals surface area contributed by atoms with Gasteiger partial charge in [0.25, 0.3) is 0 Å². The summed E-state index contributed by atoms with van der Waals surface area (Å²) in [6.07, 6.45) is 2.76. The lowest BCUT2D eigenvalue weighted by Gasteiger charge is -2.30. The van der Waals surface area contributed by atoms with Crippen molar-refractivity contribution in [3.8, 4) is 0 Å². The summed E-state index contributed by atoms with van der Waals surface area (Å²) in [4.78, 5) is 25.6. The Balaban J connectivity index is 2.65. The zero-order valence-corrected chi connectivity index (χ0v) is 12.6. The SMILES string of the molecule is COCCNC(=O)CN(C)C(=O)C1(C(N)=NO)CCCC1. The summed E-state index contributed by atoms with van der Waals surface area (Å²) in [5, 5.41) is 14.6. The predicted octanol–water partition coefficient (Wildman–Crippen LogP) is -0.486. The van der Waals surface area contributed by atoms with Gasteiger partial charge in [-0.05, 0) is 12.8 Å². The molecule has 8 heteroatoms. The van der Waals surface area contributed by atoms with E-state index in [9.17, 15) is 9.59 Å². The van der Waals surface area contributed by atoms with Crippen molar-refractivity contribution in [3.63, 3.8) is 0 Å². The highest BCUT2D eigenvalue weighted by Gasteiger charge is 2.47. The summed E-state index contributed by atoms with van der Waals surface area (Å²) >= 11 is 0. The number of methoxy groups -OCH3 is 1. The van der Waals surface area contributed by atoms with E-state index in [-0.39, 0.29) is 24.2 Å². The number of ether oxygens (including phenoxy) is 1. The van der Waals surface area contributed by atoms with E-state index in [1.807, 2.05) is 0 Å². The number of carbonyl (C=O) groups excluding carboxylic acids is 2. The molecular formula is C13H24N4O4. The van der Waals surface area contributed by atoms with Gasteiger partial charge in [0.05, 0.1) is 13.2 Å². The minimum atomic E-state index is -0.976. The average Bonchev–Trinajstić information content (AvgIpc) is 2.96. The second kappa shape index (κ2) is 7.82. The number of amidine groups is 1. The van der Waals surface area contributed by atoms with Crippen molar-refractivity contribution in [1.29, 1.82) is 0 Å². The van der Waals surface area contributed by atoms with E-state index < -0.39 is 5.41 Å². The molecule has 0 spiro atoms. The van der Waals surface area contributed by atoms with Crippen molar-refractivity contribution in [2.75, 3.05) is 33.9 Å². The highest BCUT2D eigenvalue weighted by atomic mass is 16.5. The highest BCUT2D eigenvalue weighted by Crippen LogP contribution is 2.39. The Bertz CT molecular complexity index is 405. The lowest BCUT2D eigenvalue weighted by molar-refractivity contribution is -0.140. The predicted molar refractivity (Wildman–Crippen MR) is 76.8 cm³/mol. The molecule has 0 heterocycles. The van der Waals surface area contributed by atoms with E-state index in [2.05, 4.69) is 10.5 Å². The van der Waals surface area contributed by atoms with E-state index in [1.54, 1.807) is 14.2 Å². The molecule has 1 rings (SSSR count). The third-order valence-corrected chi connectivity index (χ3v) is 3.82. The maximum absolute atomic E-state index is 12.6. The van der Waals surface area contributed by atoms with Crippen LogP contribution in [0.5, 0.6) is 0 Å². The molecule has 4 N–H and O–H groups in total. The fraction of sp³-hybridized carbons (Fsp3) is 0.769. The van der Waals surface area contributed by atoms with Crippen LogP contribution < -0.4 is 11.1 Å². The summed E-state index contributed by atoms with van der Waals surface area (Å²) in [6.45, 7) is 0.739. The van der Waals surface area contributed by atoms with Gasteiger partial charge in [-0.25, -0.2) is 0 Å². The largest absolute Gasteiger partial charge is 0.409 e. The van der Waals surface area contributed by atoms with Crippen molar-refractivity contribution in [2.45, 2.75) is 25.7 Å². The van der Waals surface area contributed by atoms with Gasteiger partial charge in [0.2, 0.25) is 11.8 Å². The maximum Gasteiger partial charge on any atom is 0.239 e. The fourth-order valence-corrected chi connectivity index (χ4v) is 2.65. The Labute approximate surface area is 124 Å². The van der Waals surface area contributed by atoms with Crippen molar-refractivity contribution >= 4 is 17.6 Å². The van der Waals surface area contributed by atoms with Crippen LogP contribution in [0, 0.1) is 5.41 Å². The maximum atomic E-state index is 12.6. The molecule has 0 aromatic heterocycles. The number of carbonyl (C=O) groups is 2. The van der Waals surface area contributed by atoms with Gasteiger partial charge in [-0.15, -0.1) is 0 Å². The average molecular weight is 300 g/mol. The molecule has 1 aliphatic carbocycles. The fourth-order valence-electron chi connectivity index (χ4n) is 2.65. The molecular weight excluding hydrogens is 276 g/mol. The highest BCUT2D eigenvalue weighted by molar-refractivity contribution is 6.07. The summed E-state index contributed by atoms with van der Waals surface area (Å²) < 4.78 is 4.83. The standard InChI is InChI=1S/C13H24N4O4/c1-17(9-10(18)15-7-8-21-2)12(19)13(11(14)16-20)5-3-4-6-13/h20H,3-9H2,1-2H3,(H2,14,16)(H,15,18). The van der Waals surface area contributed by atoms with Gasteiger partial charge in [-0.3, -0.25) is 9.59 Å². The van der Waals surface area contributed by atoms with Gasteiger partial charge < -0.3 is 25.9 Å². The molecule has 1 aliphatic rings. The minimum Gasteiger partial charge on any atom is -0.409 e. The molecule has 0 unspecified atom stereocenters. The third kappa shape index (κ3) is 4.07. The van der Waals surface area contributed by atoms with E-state index in [0.717, 1.165) is 12.8 Å².